The van der Waals surface area contributed by atoms with E-state index in [1.165, 1.54) is 0 Å². The Bertz CT molecular complexity index is 492. The second-order valence-electron chi connectivity index (χ2n) is 3.45. The predicted octanol–water partition coefficient (Wildman–Crippen LogP) is 2.49. The van der Waals surface area contributed by atoms with Crippen molar-refractivity contribution in [2.45, 2.75) is 13.3 Å². The van der Waals surface area contributed by atoms with Gasteiger partial charge in [0.15, 0.2) is 0 Å². The van der Waals surface area contributed by atoms with E-state index in [2.05, 4.69) is 11.9 Å². The molecule has 0 fully saturated rings. The van der Waals surface area contributed by atoms with Gasteiger partial charge < -0.3 is 14.9 Å². The van der Waals surface area contributed by atoms with Gasteiger partial charge in [-0.3, -0.25) is 0 Å². The maximum Gasteiger partial charge on any atom is 0.292 e. The van der Waals surface area contributed by atoms with Crippen LogP contribution in [0.3, 0.4) is 0 Å². The molecule has 0 unspecified atom stereocenters. The Morgan fingerprint density at radius 3 is 2.81 bits per heavy atom. The number of aromatic nitrogens is 1. The average molecular weight is 218 g/mol. The van der Waals surface area contributed by atoms with Crippen LogP contribution in [-0.4, -0.2) is 12.1 Å². The highest BCUT2D eigenvalue weighted by molar-refractivity contribution is 5.62. The molecular weight excluding hydrogens is 204 g/mol. The summed E-state index contributed by atoms with van der Waals surface area (Å²) in [5.41, 5.74) is 8.31. The number of anilines is 1. The van der Waals surface area contributed by atoms with Crippen LogP contribution in [0.2, 0.25) is 0 Å². The fourth-order valence-electron chi connectivity index (χ4n) is 1.63. The van der Waals surface area contributed by atoms with Crippen LogP contribution in [-0.2, 0) is 6.42 Å². The molecule has 0 atom stereocenters. The fourth-order valence-corrected chi connectivity index (χ4v) is 1.63. The van der Waals surface area contributed by atoms with E-state index in [9.17, 15) is 0 Å². The molecule has 1 aromatic carbocycles. The molecule has 0 spiro atoms. The number of nitrogen functional groups attached to an aromatic ring is 1. The van der Waals surface area contributed by atoms with Gasteiger partial charge in [-0.1, -0.05) is 6.92 Å². The largest absolute Gasteiger partial charge is 0.496 e. The van der Waals surface area contributed by atoms with Gasteiger partial charge in [0.1, 0.15) is 17.7 Å². The molecule has 0 saturated heterocycles. The van der Waals surface area contributed by atoms with Crippen LogP contribution in [0.15, 0.2) is 28.9 Å². The highest BCUT2D eigenvalue weighted by Crippen LogP contribution is 2.26. The van der Waals surface area contributed by atoms with Gasteiger partial charge in [-0.2, -0.15) is 4.98 Å². The Morgan fingerprint density at radius 1 is 1.44 bits per heavy atom. The molecule has 0 aliphatic rings. The van der Waals surface area contributed by atoms with E-state index in [1.807, 2.05) is 18.2 Å². The van der Waals surface area contributed by atoms with E-state index in [0.29, 0.717) is 0 Å². The van der Waals surface area contributed by atoms with E-state index >= 15 is 0 Å². The van der Waals surface area contributed by atoms with Crippen LogP contribution in [0.4, 0.5) is 6.01 Å². The van der Waals surface area contributed by atoms with E-state index in [0.717, 1.165) is 29.0 Å². The molecule has 0 saturated carbocycles. The Labute approximate surface area is 94.1 Å². The number of hydrogen-bond acceptors (Lipinski definition) is 4. The normalized spacial score (nSPS) is 10.4. The molecule has 2 aromatic rings. The lowest BCUT2D eigenvalue weighted by atomic mass is 10.1. The first kappa shape index (κ1) is 10.5. The minimum absolute atomic E-state index is 0.184. The Kier molecular flexibility index (Phi) is 2.81. The number of ether oxygens (including phenoxy) is 1. The third-order valence-electron chi connectivity index (χ3n) is 2.48. The van der Waals surface area contributed by atoms with Crippen molar-refractivity contribution in [3.8, 4) is 17.0 Å². The molecule has 84 valence electrons. The molecule has 4 nitrogen and oxygen atoms in total. The monoisotopic (exact) mass is 218 g/mol. The number of hydrogen-bond donors (Lipinski definition) is 1. The molecule has 0 aliphatic heterocycles. The van der Waals surface area contributed by atoms with E-state index in [4.69, 9.17) is 14.9 Å². The number of oxazole rings is 1. The summed E-state index contributed by atoms with van der Waals surface area (Å²) >= 11 is 0. The molecule has 0 amide bonds. The molecule has 0 aliphatic carbocycles. The summed E-state index contributed by atoms with van der Waals surface area (Å²) in [4.78, 5) is 4.08. The molecule has 4 heteroatoms. The second kappa shape index (κ2) is 4.26. The van der Waals surface area contributed by atoms with Gasteiger partial charge >= 0.3 is 0 Å². The number of aryl methyl sites for hydroxylation is 1. The first-order valence-corrected chi connectivity index (χ1v) is 5.13. The number of nitrogens with zero attached hydrogens (tertiary/aromatic N) is 1. The zero-order chi connectivity index (χ0) is 11.5. The summed E-state index contributed by atoms with van der Waals surface area (Å²) in [6.07, 6.45) is 2.46. The molecule has 0 bridgehead atoms. The van der Waals surface area contributed by atoms with Crippen molar-refractivity contribution in [3.05, 3.63) is 30.0 Å². The Hall–Kier alpha value is -1.97. The molecule has 2 rings (SSSR count). The first-order valence-electron chi connectivity index (χ1n) is 5.13. The lowest BCUT2D eigenvalue weighted by Crippen LogP contribution is -1.91. The van der Waals surface area contributed by atoms with Crippen molar-refractivity contribution in [2.24, 2.45) is 0 Å². The summed E-state index contributed by atoms with van der Waals surface area (Å²) in [6.45, 7) is 2.08. The fraction of sp³-hybridized carbons (Fsp3) is 0.250. The smallest absolute Gasteiger partial charge is 0.292 e. The van der Waals surface area contributed by atoms with Crippen molar-refractivity contribution in [1.29, 1.82) is 0 Å². The van der Waals surface area contributed by atoms with Crippen LogP contribution >= 0.6 is 0 Å². The number of nitrogens with two attached hydrogens (primary N) is 1. The van der Waals surface area contributed by atoms with Crippen LogP contribution in [0.25, 0.3) is 11.3 Å². The molecule has 0 radical (unpaired) electrons. The van der Waals surface area contributed by atoms with Gasteiger partial charge in [-0.05, 0) is 30.2 Å². The van der Waals surface area contributed by atoms with Crippen molar-refractivity contribution >= 4 is 6.01 Å². The van der Waals surface area contributed by atoms with E-state index in [1.54, 1.807) is 13.4 Å². The van der Waals surface area contributed by atoms with Crippen molar-refractivity contribution in [3.63, 3.8) is 0 Å². The topological polar surface area (TPSA) is 61.3 Å². The summed E-state index contributed by atoms with van der Waals surface area (Å²) in [6, 6.07) is 6.09. The minimum Gasteiger partial charge on any atom is -0.496 e. The van der Waals surface area contributed by atoms with Crippen LogP contribution in [0.1, 0.15) is 12.5 Å². The van der Waals surface area contributed by atoms with Gasteiger partial charge in [0.05, 0.1) is 7.11 Å². The summed E-state index contributed by atoms with van der Waals surface area (Å²) in [5.74, 6) is 0.891. The standard InChI is InChI=1S/C12H14N2O2/c1-3-8-6-9(4-5-11(8)15-2)10-7-16-12(13)14-10/h4-7H,3H2,1-2H3,(H2,13,14). The number of benzene rings is 1. The molecule has 2 N–H and O–H groups in total. The minimum atomic E-state index is 0.184. The Morgan fingerprint density at radius 2 is 2.25 bits per heavy atom. The van der Waals surface area contributed by atoms with Gasteiger partial charge in [-0.15, -0.1) is 0 Å². The van der Waals surface area contributed by atoms with E-state index in [-0.39, 0.29) is 6.01 Å². The van der Waals surface area contributed by atoms with Crippen molar-refractivity contribution < 1.29 is 9.15 Å². The second-order valence-corrected chi connectivity index (χ2v) is 3.45. The number of methoxy groups -OCH3 is 1. The van der Waals surface area contributed by atoms with Gasteiger partial charge in [0.2, 0.25) is 0 Å². The van der Waals surface area contributed by atoms with E-state index < -0.39 is 0 Å². The maximum absolute atomic E-state index is 5.44. The van der Waals surface area contributed by atoms with Gasteiger partial charge in [-0.25, -0.2) is 0 Å². The highest BCUT2D eigenvalue weighted by Gasteiger charge is 2.07. The number of rotatable bonds is 3. The molecular formula is C12H14N2O2. The summed E-state index contributed by atoms with van der Waals surface area (Å²) < 4.78 is 10.2. The predicted molar refractivity (Wildman–Crippen MR) is 62.3 cm³/mol. The SMILES string of the molecule is CCc1cc(-c2coc(N)n2)ccc1OC. The van der Waals surface area contributed by atoms with Crippen LogP contribution < -0.4 is 10.5 Å². The highest BCUT2D eigenvalue weighted by atomic mass is 16.5. The lowest BCUT2D eigenvalue weighted by Gasteiger charge is -2.07. The quantitative estimate of drug-likeness (QED) is 0.859. The third-order valence-corrected chi connectivity index (χ3v) is 2.48. The van der Waals surface area contributed by atoms with Crippen molar-refractivity contribution in [2.75, 3.05) is 12.8 Å². The molecule has 1 aromatic heterocycles. The van der Waals surface area contributed by atoms with Gasteiger partial charge in [0.25, 0.3) is 6.01 Å². The molecule has 1 heterocycles. The van der Waals surface area contributed by atoms with Crippen LogP contribution in [0.5, 0.6) is 5.75 Å². The van der Waals surface area contributed by atoms with Crippen molar-refractivity contribution in [1.82, 2.24) is 4.98 Å². The Balaban J connectivity index is 2.43. The third kappa shape index (κ3) is 1.86. The first-order chi connectivity index (χ1) is 7.74. The summed E-state index contributed by atoms with van der Waals surface area (Å²) in [7, 11) is 1.67. The maximum atomic E-state index is 5.44. The zero-order valence-corrected chi connectivity index (χ0v) is 9.36. The van der Waals surface area contributed by atoms with Gasteiger partial charge in [0, 0.05) is 5.56 Å². The average Bonchev–Trinajstić information content (AvgIpc) is 2.75. The lowest BCUT2D eigenvalue weighted by molar-refractivity contribution is 0.410. The zero-order valence-electron chi connectivity index (χ0n) is 9.36. The summed E-state index contributed by atoms with van der Waals surface area (Å²) in [5, 5.41) is 0. The van der Waals surface area contributed by atoms with Crippen LogP contribution in [0, 0.1) is 0 Å². The molecule has 16 heavy (non-hydrogen) atoms.